The number of aliphatic hydroxyl groups excluding tert-OH is 1. The molecule has 1 aliphatic rings. The van der Waals surface area contributed by atoms with Crippen molar-refractivity contribution in [3.8, 4) is 0 Å². The summed E-state index contributed by atoms with van der Waals surface area (Å²) in [4.78, 5) is 28.1. The number of aliphatic hydroxyl groups is 1. The molecule has 8 nitrogen and oxygen atoms in total. The summed E-state index contributed by atoms with van der Waals surface area (Å²) in [6.45, 7) is 8.23. The van der Waals surface area contributed by atoms with Crippen LogP contribution in [0.25, 0.3) is 10.9 Å². The smallest absolute Gasteiger partial charge is 0.410 e. The highest BCUT2D eigenvalue weighted by atomic mass is 35.5. The number of β-amino-alcohol motifs (C(OH)–C–C–N with tert-alkyl or cyclic N) is 1. The summed E-state index contributed by atoms with van der Waals surface area (Å²) < 4.78 is 19.7. The largest absolute Gasteiger partial charge is 0.450 e. The Bertz CT molecular complexity index is 956. The van der Waals surface area contributed by atoms with Gasteiger partial charge >= 0.3 is 6.09 Å². The van der Waals surface area contributed by atoms with Gasteiger partial charge in [-0.15, -0.1) is 0 Å². The number of rotatable bonds is 3. The van der Waals surface area contributed by atoms with E-state index in [0.717, 1.165) is 0 Å². The van der Waals surface area contributed by atoms with Gasteiger partial charge in [0.25, 0.3) is 0 Å². The van der Waals surface area contributed by atoms with Crippen LogP contribution in [-0.4, -0.2) is 68.4 Å². The van der Waals surface area contributed by atoms with Crippen LogP contribution >= 0.6 is 23.2 Å². The van der Waals surface area contributed by atoms with Gasteiger partial charge < -0.3 is 14.7 Å². The lowest BCUT2D eigenvalue weighted by Gasteiger charge is -2.46. The highest BCUT2D eigenvalue weighted by Gasteiger charge is 2.39. The van der Waals surface area contributed by atoms with E-state index in [1.165, 1.54) is 6.20 Å². The standard InChI is InChI=1S/C19H24Cl2FN5O3/c1-5-30-18(29)27(19(2,3)4)10-6-11(28)9-26(8-10)16-12-7-23-15(20)13(22)14(12)24-17(21)25-16/h7,10-11,28H,5-6,8-9H2,1-4H3/t10-,11-/m0/s1. The number of hydrogen-bond donors (Lipinski definition) is 1. The van der Waals surface area contributed by atoms with Crippen LogP contribution in [0.15, 0.2) is 6.20 Å². The summed E-state index contributed by atoms with van der Waals surface area (Å²) in [7, 11) is 0. The molecule has 2 aromatic heterocycles. The van der Waals surface area contributed by atoms with Crippen LogP contribution in [0, 0.1) is 5.82 Å². The second kappa shape index (κ2) is 8.64. The van der Waals surface area contributed by atoms with Crippen molar-refractivity contribution in [3.05, 3.63) is 22.5 Å². The molecule has 0 radical (unpaired) electrons. The molecule has 3 heterocycles. The van der Waals surface area contributed by atoms with Crippen LogP contribution in [0.2, 0.25) is 10.4 Å². The van der Waals surface area contributed by atoms with Crippen molar-refractivity contribution >= 4 is 46.0 Å². The van der Waals surface area contributed by atoms with Crippen LogP contribution < -0.4 is 4.90 Å². The Morgan fingerprint density at radius 1 is 1.37 bits per heavy atom. The van der Waals surface area contributed by atoms with Crippen LogP contribution in [-0.2, 0) is 4.74 Å². The van der Waals surface area contributed by atoms with Gasteiger partial charge in [-0.25, -0.2) is 19.2 Å². The first-order chi connectivity index (χ1) is 14.0. The van der Waals surface area contributed by atoms with E-state index in [4.69, 9.17) is 27.9 Å². The number of aromatic nitrogens is 3. The van der Waals surface area contributed by atoms with E-state index in [-0.39, 0.29) is 35.1 Å². The maximum Gasteiger partial charge on any atom is 0.410 e. The van der Waals surface area contributed by atoms with Crippen molar-refractivity contribution in [2.24, 2.45) is 0 Å². The van der Waals surface area contributed by atoms with E-state index in [1.54, 1.807) is 16.7 Å². The number of carbonyl (C=O) groups excluding carboxylic acids is 1. The average Bonchev–Trinajstić information content (AvgIpc) is 2.63. The van der Waals surface area contributed by atoms with E-state index in [1.807, 2.05) is 20.8 Å². The summed E-state index contributed by atoms with van der Waals surface area (Å²) in [5, 5.41) is 10.4. The number of carbonyl (C=O) groups is 1. The third kappa shape index (κ3) is 4.53. The first-order valence-corrected chi connectivity index (χ1v) is 10.3. The van der Waals surface area contributed by atoms with Gasteiger partial charge in [-0.2, -0.15) is 4.98 Å². The molecular formula is C19H24Cl2FN5O3. The topological polar surface area (TPSA) is 91.7 Å². The van der Waals surface area contributed by atoms with Crippen LogP contribution in [0.1, 0.15) is 34.1 Å². The minimum Gasteiger partial charge on any atom is -0.450 e. The Labute approximate surface area is 184 Å². The summed E-state index contributed by atoms with van der Waals surface area (Å²) in [5.41, 5.74) is -0.605. The minimum absolute atomic E-state index is 0.0558. The van der Waals surface area contributed by atoms with E-state index >= 15 is 0 Å². The zero-order valence-electron chi connectivity index (χ0n) is 17.2. The molecule has 11 heteroatoms. The van der Waals surface area contributed by atoms with Crippen molar-refractivity contribution in [1.82, 2.24) is 19.9 Å². The van der Waals surface area contributed by atoms with Gasteiger partial charge in [0.05, 0.1) is 24.1 Å². The molecule has 2 atom stereocenters. The first kappa shape index (κ1) is 22.7. The van der Waals surface area contributed by atoms with Gasteiger partial charge in [0, 0.05) is 24.8 Å². The zero-order chi connectivity index (χ0) is 22.2. The molecule has 1 aliphatic heterocycles. The summed E-state index contributed by atoms with van der Waals surface area (Å²) >= 11 is 11.8. The van der Waals surface area contributed by atoms with E-state index in [2.05, 4.69) is 15.0 Å². The van der Waals surface area contributed by atoms with Crippen LogP contribution in [0.5, 0.6) is 0 Å². The quantitative estimate of drug-likeness (QED) is 0.552. The molecule has 0 aliphatic carbocycles. The number of pyridine rings is 1. The lowest BCUT2D eigenvalue weighted by atomic mass is 9.96. The van der Waals surface area contributed by atoms with Crippen LogP contribution in [0.3, 0.4) is 0 Å². The molecule has 1 saturated heterocycles. The Hall–Kier alpha value is -1.97. The molecule has 1 amide bonds. The fraction of sp³-hybridized carbons (Fsp3) is 0.579. The van der Waals surface area contributed by atoms with Gasteiger partial charge in [0.15, 0.2) is 11.0 Å². The molecule has 2 aromatic rings. The summed E-state index contributed by atoms with van der Waals surface area (Å²) in [6.07, 6.45) is 0.517. The van der Waals surface area contributed by atoms with Gasteiger partial charge in [-0.05, 0) is 45.7 Å². The molecule has 1 fully saturated rings. The molecule has 1 N–H and O–H groups in total. The fourth-order valence-corrected chi connectivity index (χ4v) is 4.11. The Balaban J connectivity index is 2.04. The van der Waals surface area contributed by atoms with Crippen molar-refractivity contribution in [2.75, 3.05) is 24.6 Å². The minimum atomic E-state index is -0.795. The number of ether oxygens (including phenoxy) is 1. The highest BCUT2D eigenvalue weighted by Crippen LogP contribution is 2.32. The average molecular weight is 460 g/mol. The van der Waals surface area contributed by atoms with Crippen molar-refractivity contribution in [1.29, 1.82) is 0 Å². The second-order valence-corrected chi connectivity index (χ2v) is 8.83. The number of anilines is 1. The van der Waals surface area contributed by atoms with E-state index < -0.39 is 23.6 Å². The molecule has 30 heavy (non-hydrogen) atoms. The maximum atomic E-state index is 14.5. The molecule has 0 saturated carbocycles. The first-order valence-electron chi connectivity index (χ1n) is 9.59. The van der Waals surface area contributed by atoms with E-state index in [9.17, 15) is 14.3 Å². The zero-order valence-corrected chi connectivity index (χ0v) is 18.7. The van der Waals surface area contributed by atoms with Gasteiger partial charge in [0.2, 0.25) is 5.28 Å². The maximum absolute atomic E-state index is 14.5. The fourth-order valence-electron chi connectivity index (χ4n) is 3.80. The lowest BCUT2D eigenvalue weighted by molar-refractivity contribution is 0.0225. The van der Waals surface area contributed by atoms with Gasteiger partial charge in [-0.1, -0.05) is 11.6 Å². The third-order valence-electron chi connectivity index (χ3n) is 4.85. The number of hydrogen-bond acceptors (Lipinski definition) is 7. The molecule has 0 spiro atoms. The third-order valence-corrected chi connectivity index (χ3v) is 5.29. The molecule has 0 unspecified atom stereocenters. The Morgan fingerprint density at radius 2 is 2.07 bits per heavy atom. The van der Waals surface area contributed by atoms with Crippen LogP contribution in [0.4, 0.5) is 15.0 Å². The van der Waals surface area contributed by atoms with Crippen molar-refractivity contribution in [3.63, 3.8) is 0 Å². The molecule has 0 bridgehead atoms. The van der Waals surface area contributed by atoms with Crippen molar-refractivity contribution in [2.45, 2.75) is 51.8 Å². The SMILES string of the molecule is CCOC(=O)N([C@H]1C[C@H](O)CN(c2nc(Cl)nc3c(F)c(Cl)ncc23)C1)C(C)(C)C. The molecule has 0 aromatic carbocycles. The Kier molecular flexibility index (Phi) is 6.54. The monoisotopic (exact) mass is 459 g/mol. The van der Waals surface area contributed by atoms with Gasteiger partial charge in [0.1, 0.15) is 11.3 Å². The predicted molar refractivity (Wildman–Crippen MR) is 113 cm³/mol. The number of halogens is 3. The molecule has 3 rings (SSSR count). The lowest BCUT2D eigenvalue weighted by Crippen LogP contribution is -2.60. The number of piperidine rings is 1. The number of nitrogens with zero attached hydrogens (tertiary/aromatic N) is 5. The highest BCUT2D eigenvalue weighted by molar-refractivity contribution is 6.30. The summed E-state index contributed by atoms with van der Waals surface area (Å²) in [5.74, 6) is -0.480. The molecule has 164 valence electrons. The van der Waals surface area contributed by atoms with Crippen molar-refractivity contribution < 1.29 is 19.0 Å². The number of fused-ring (bicyclic) bond motifs is 1. The normalized spacial score (nSPS) is 19.8. The molecular weight excluding hydrogens is 436 g/mol. The van der Waals surface area contributed by atoms with E-state index in [0.29, 0.717) is 24.2 Å². The summed E-state index contributed by atoms with van der Waals surface area (Å²) in [6, 6.07) is -0.373. The Morgan fingerprint density at radius 3 is 2.70 bits per heavy atom. The predicted octanol–water partition coefficient (Wildman–Crippen LogP) is 3.67. The van der Waals surface area contributed by atoms with Gasteiger partial charge in [-0.3, -0.25) is 4.90 Å². The number of amides is 1. The second-order valence-electron chi connectivity index (χ2n) is 8.13.